The van der Waals surface area contributed by atoms with Gasteiger partial charge in [-0.3, -0.25) is 0 Å². The van der Waals surface area contributed by atoms with Crippen molar-refractivity contribution in [2.75, 3.05) is 11.9 Å². The number of aromatic nitrogens is 2. The summed E-state index contributed by atoms with van der Waals surface area (Å²) in [6, 6.07) is 7.99. The first kappa shape index (κ1) is 12.8. The van der Waals surface area contributed by atoms with E-state index in [2.05, 4.69) is 36.5 Å². The summed E-state index contributed by atoms with van der Waals surface area (Å²) >= 11 is 8.72. The molecule has 0 saturated heterocycles. The van der Waals surface area contributed by atoms with Crippen molar-refractivity contribution in [2.24, 2.45) is 0 Å². The van der Waals surface area contributed by atoms with Crippen LogP contribution in [0.15, 0.2) is 28.7 Å². The summed E-state index contributed by atoms with van der Waals surface area (Å²) in [5, 5.41) is 6.70. The molecule has 0 aliphatic carbocycles. The third kappa shape index (κ3) is 2.70. The van der Waals surface area contributed by atoms with Crippen LogP contribution in [-0.2, 0) is 13.0 Å². The highest BCUT2D eigenvalue weighted by molar-refractivity contribution is 9.10. The van der Waals surface area contributed by atoms with Gasteiger partial charge in [0.15, 0.2) is 4.77 Å². The summed E-state index contributed by atoms with van der Waals surface area (Å²) in [7, 11) is 0. The minimum atomic E-state index is 0.511. The van der Waals surface area contributed by atoms with E-state index in [1.54, 1.807) is 0 Å². The molecule has 3 rings (SSSR count). The lowest BCUT2D eigenvalue weighted by Crippen LogP contribution is -2.26. The van der Waals surface area contributed by atoms with Gasteiger partial charge in [0.2, 0.25) is 0 Å². The Kier molecular flexibility index (Phi) is 3.63. The second kappa shape index (κ2) is 5.40. The molecule has 1 aliphatic rings. The molecule has 0 spiro atoms. The number of halogens is 1. The predicted octanol–water partition coefficient (Wildman–Crippen LogP) is 3.29. The smallest absolute Gasteiger partial charge is 0.199 e. The lowest BCUT2D eigenvalue weighted by Gasteiger charge is -2.20. The maximum absolute atomic E-state index is 5.19. The van der Waals surface area contributed by atoms with Gasteiger partial charge in [-0.25, -0.2) is 4.98 Å². The normalized spacial score (nSPS) is 13.9. The number of fused-ring (bicyclic) bond motifs is 1. The summed E-state index contributed by atoms with van der Waals surface area (Å²) in [4.78, 5) is 7.58. The summed E-state index contributed by atoms with van der Waals surface area (Å²) < 4.78 is 1.52. The fourth-order valence-electron chi connectivity index (χ4n) is 2.18. The quantitative estimate of drug-likeness (QED) is 0.736. The van der Waals surface area contributed by atoms with Crippen LogP contribution in [0.25, 0.3) is 0 Å². The second-order valence-corrected chi connectivity index (χ2v) is 5.62. The van der Waals surface area contributed by atoms with Gasteiger partial charge in [-0.15, -0.1) is 0 Å². The molecular formula is C13H13BrN4S. The van der Waals surface area contributed by atoms with Crippen LogP contribution < -0.4 is 10.6 Å². The Morgan fingerprint density at radius 3 is 3.00 bits per heavy atom. The van der Waals surface area contributed by atoms with Crippen molar-refractivity contribution >= 4 is 39.7 Å². The number of hydrogen-bond donors (Lipinski definition) is 3. The Labute approximate surface area is 124 Å². The van der Waals surface area contributed by atoms with Crippen LogP contribution in [0.5, 0.6) is 0 Å². The number of nitrogens with zero attached hydrogens (tertiary/aromatic N) is 1. The van der Waals surface area contributed by atoms with Gasteiger partial charge >= 0.3 is 0 Å². The average molecular weight is 337 g/mol. The van der Waals surface area contributed by atoms with E-state index in [1.807, 2.05) is 24.3 Å². The minimum Gasteiger partial charge on any atom is -0.339 e. The number of H-pyrrole nitrogens is 1. The molecular weight excluding hydrogens is 324 g/mol. The van der Waals surface area contributed by atoms with Crippen molar-refractivity contribution in [1.82, 2.24) is 15.3 Å². The maximum Gasteiger partial charge on any atom is 0.199 e. The number of anilines is 2. The number of para-hydroxylation sites is 1. The predicted molar refractivity (Wildman–Crippen MR) is 82.3 cm³/mol. The summed E-state index contributed by atoms with van der Waals surface area (Å²) in [6.07, 6.45) is 0.946. The molecule has 1 aliphatic heterocycles. The molecule has 2 aromatic rings. The first-order valence-electron chi connectivity index (χ1n) is 6.08. The fourth-order valence-corrected chi connectivity index (χ4v) is 2.78. The number of rotatable bonds is 2. The third-order valence-electron chi connectivity index (χ3n) is 3.10. The first-order valence-corrected chi connectivity index (χ1v) is 7.28. The van der Waals surface area contributed by atoms with Crippen LogP contribution in [0.4, 0.5) is 11.5 Å². The third-order valence-corrected chi connectivity index (χ3v) is 3.99. The SMILES string of the molecule is S=c1nc(Nc2ccccc2Br)c2c([nH]1)CNCC2. The fraction of sp³-hybridized carbons (Fsp3) is 0.231. The van der Waals surface area contributed by atoms with Crippen molar-refractivity contribution in [1.29, 1.82) is 0 Å². The molecule has 0 amide bonds. The van der Waals surface area contributed by atoms with Crippen molar-refractivity contribution in [3.63, 3.8) is 0 Å². The number of hydrogen-bond acceptors (Lipinski definition) is 4. The molecule has 3 N–H and O–H groups in total. The van der Waals surface area contributed by atoms with Crippen LogP contribution in [0.1, 0.15) is 11.3 Å². The zero-order valence-electron chi connectivity index (χ0n) is 10.2. The van der Waals surface area contributed by atoms with E-state index in [4.69, 9.17) is 12.2 Å². The zero-order chi connectivity index (χ0) is 13.2. The minimum absolute atomic E-state index is 0.511. The molecule has 1 aromatic carbocycles. The first-order chi connectivity index (χ1) is 9.24. The lowest BCUT2D eigenvalue weighted by atomic mass is 10.1. The Balaban J connectivity index is 2.03. The van der Waals surface area contributed by atoms with Gasteiger partial charge in [-0.1, -0.05) is 12.1 Å². The van der Waals surface area contributed by atoms with Crippen LogP contribution in [-0.4, -0.2) is 16.5 Å². The Morgan fingerprint density at radius 2 is 2.16 bits per heavy atom. The molecule has 0 atom stereocenters. The van der Waals surface area contributed by atoms with E-state index in [0.717, 1.165) is 41.2 Å². The van der Waals surface area contributed by atoms with Gasteiger partial charge in [0.1, 0.15) is 5.82 Å². The average Bonchev–Trinajstić information content (AvgIpc) is 2.41. The van der Waals surface area contributed by atoms with Crippen LogP contribution >= 0.6 is 28.1 Å². The van der Waals surface area contributed by atoms with E-state index in [-0.39, 0.29) is 0 Å². The van der Waals surface area contributed by atoms with Crippen molar-refractivity contribution < 1.29 is 0 Å². The maximum atomic E-state index is 5.19. The summed E-state index contributed by atoms with van der Waals surface area (Å²) in [6.45, 7) is 1.77. The molecule has 19 heavy (non-hydrogen) atoms. The van der Waals surface area contributed by atoms with Gasteiger partial charge < -0.3 is 15.6 Å². The second-order valence-electron chi connectivity index (χ2n) is 4.38. The Bertz CT molecular complexity index is 668. The van der Waals surface area contributed by atoms with E-state index in [9.17, 15) is 0 Å². The Morgan fingerprint density at radius 1 is 1.32 bits per heavy atom. The number of benzene rings is 1. The highest BCUT2D eigenvalue weighted by Gasteiger charge is 2.15. The number of aromatic amines is 1. The molecule has 0 radical (unpaired) electrons. The van der Waals surface area contributed by atoms with Gasteiger partial charge in [0.25, 0.3) is 0 Å². The zero-order valence-corrected chi connectivity index (χ0v) is 12.6. The van der Waals surface area contributed by atoms with Gasteiger partial charge in [0.05, 0.1) is 5.69 Å². The molecule has 0 bridgehead atoms. The van der Waals surface area contributed by atoms with E-state index in [0.29, 0.717) is 4.77 Å². The lowest BCUT2D eigenvalue weighted by molar-refractivity contribution is 0.623. The molecule has 98 valence electrons. The van der Waals surface area contributed by atoms with Crippen molar-refractivity contribution in [2.45, 2.75) is 13.0 Å². The molecule has 4 nitrogen and oxygen atoms in total. The molecule has 0 fully saturated rings. The molecule has 0 unspecified atom stereocenters. The topological polar surface area (TPSA) is 52.7 Å². The molecule has 6 heteroatoms. The number of nitrogens with one attached hydrogen (secondary N) is 3. The molecule has 2 heterocycles. The Hall–Kier alpha value is -1.24. The van der Waals surface area contributed by atoms with Crippen molar-refractivity contribution in [3.05, 3.63) is 44.8 Å². The van der Waals surface area contributed by atoms with E-state index in [1.165, 1.54) is 5.56 Å². The van der Waals surface area contributed by atoms with E-state index < -0.39 is 0 Å². The molecule has 0 saturated carbocycles. The standard InChI is InChI=1S/C13H13BrN4S/c14-9-3-1-2-4-10(9)16-12-8-5-6-15-7-11(8)17-13(19)18-12/h1-4,15H,5-7H2,(H2,16,17,18,19). The van der Waals surface area contributed by atoms with Gasteiger partial charge in [0, 0.05) is 22.3 Å². The van der Waals surface area contributed by atoms with Crippen LogP contribution in [0.3, 0.4) is 0 Å². The highest BCUT2D eigenvalue weighted by Crippen LogP contribution is 2.27. The largest absolute Gasteiger partial charge is 0.339 e. The molecule has 1 aromatic heterocycles. The van der Waals surface area contributed by atoms with Crippen LogP contribution in [0, 0.1) is 4.77 Å². The monoisotopic (exact) mass is 336 g/mol. The summed E-state index contributed by atoms with van der Waals surface area (Å²) in [5.74, 6) is 0.854. The van der Waals surface area contributed by atoms with Gasteiger partial charge in [-0.2, -0.15) is 0 Å². The van der Waals surface area contributed by atoms with Crippen molar-refractivity contribution in [3.8, 4) is 0 Å². The van der Waals surface area contributed by atoms with E-state index >= 15 is 0 Å². The van der Waals surface area contributed by atoms with Crippen LogP contribution in [0.2, 0.25) is 0 Å². The summed E-state index contributed by atoms with van der Waals surface area (Å²) in [5.41, 5.74) is 3.33. The van der Waals surface area contributed by atoms with Gasteiger partial charge in [-0.05, 0) is 53.2 Å². The highest BCUT2D eigenvalue weighted by atomic mass is 79.9.